The van der Waals surface area contributed by atoms with Crippen LogP contribution >= 0.6 is 11.3 Å². The summed E-state index contributed by atoms with van der Waals surface area (Å²) in [5.74, 6) is 0.00770. The van der Waals surface area contributed by atoms with Gasteiger partial charge >= 0.3 is 5.97 Å². The van der Waals surface area contributed by atoms with Gasteiger partial charge in [0.05, 0.1) is 12.8 Å². The zero-order chi connectivity index (χ0) is 20.1. The molecule has 1 amide bonds. The van der Waals surface area contributed by atoms with Crippen molar-refractivity contribution in [3.8, 4) is 16.3 Å². The predicted octanol–water partition coefficient (Wildman–Crippen LogP) is 4.12. The molecule has 0 spiro atoms. The van der Waals surface area contributed by atoms with Gasteiger partial charge in [0, 0.05) is 11.6 Å². The van der Waals surface area contributed by atoms with Gasteiger partial charge in [-0.3, -0.25) is 4.79 Å². The average Bonchev–Trinajstić information content (AvgIpc) is 3.10. The van der Waals surface area contributed by atoms with Crippen LogP contribution in [0, 0.1) is 6.92 Å². The summed E-state index contributed by atoms with van der Waals surface area (Å²) in [4.78, 5) is 29.8. The maximum Gasteiger partial charge on any atom is 0.351 e. The Morgan fingerprint density at radius 2 is 1.86 bits per heavy atom. The molecule has 0 radical (unpaired) electrons. The number of benzene rings is 1. The Balaban J connectivity index is 1.63. The van der Waals surface area contributed by atoms with E-state index in [2.05, 4.69) is 10.3 Å². The molecule has 7 heteroatoms. The summed E-state index contributed by atoms with van der Waals surface area (Å²) in [6, 6.07) is 7.68. The van der Waals surface area contributed by atoms with Crippen molar-refractivity contribution in [2.45, 2.75) is 58.1 Å². The number of esters is 1. The van der Waals surface area contributed by atoms with Crippen LogP contribution in [0.5, 0.6) is 5.75 Å². The Kier molecular flexibility index (Phi) is 6.67. The van der Waals surface area contributed by atoms with E-state index in [-0.39, 0.29) is 11.9 Å². The van der Waals surface area contributed by atoms with E-state index in [1.54, 1.807) is 21.0 Å². The van der Waals surface area contributed by atoms with Gasteiger partial charge < -0.3 is 14.8 Å². The van der Waals surface area contributed by atoms with Gasteiger partial charge in [-0.1, -0.05) is 19.3 Å². The first-order chi connectivity index (χ1) is 13.5. The van der Waals surface area contributed by atoms with Crippen molar-refractivity contribution >= 4 is 23.2 Å². The molecule has 1 fully saturated rings. The second kappa shape index (κ2) is 9.19. The van der Waals surface area contributed by atoms with E-state index < -0.39 is 12.1 Å². The zero-order valence-electron chi connectivity index (χ0n) is 16.5. The second-order valence-corrected chi connectivity index (χ2v) is 8.05. The summed E-state index contributed by atoms with van der Waals surface area (Å²) in [5, 5.41) is 3.72. The van der Waals surface area contributed by atoms with Crippen LogP contribution in [0.4, 0.5) is 0 Å². The number of aryl methyl sites for hydroxylation is 1. The summed E-state index contributed by atoms with van der Waals surface area (Å²) < 4.78 is 10.6. The van der Waals surface area contributed by atoms with Crippen molar-refractivity contribution in [3.63, 3.8) is 0 Å². The standard InChI is InChI=1S/C21H26N2O4S/c1-13-18(28-20(22-13)15-9-11-17(26-3)12-10-15)21(25)27-14(2)19(24)23-16-7-5-4-6-8-16/h9-12,14,16H,4-8H2,1-3H3,(H,23,24)/t14-/m1/s1. The second-order valence-electron chi connectivity index (χ2n) is 7.05. The minimum Gasteiger partial charge on any atom is -0.497 e. The summed E-state index contributed by atoms with van der Waals surface area (Å²) in [7, 11) is 1.61. The molecule has 1 aliphatic rings. The topological polar surface area (TPSA) is 77.5 Å². The van der Waals surface area contributed by atoms with Crippen molar-refractivity contribution in [2.75, 3.05) is 7.11 Å². The first-order valence-electron chi connectivity index (χ1n) is 9.61. The molecule has 150 valence electrons. The van der Waals surface area contributed by atoms with Crippen LogP contribution in [0.25, 0.3) is 10.6 Å². The van der Waals surface area contributed by atoms with Crippen molar-refractivity contribution in [1.82, 2.24) is 10.3 Å². The first-order valence-corrected chi connectivity index (χ1v) is 10.4. The summed E-state index contributed by atoms with van der Waals surface area (Å²) in [6.07, 6.45) is 4.64. The lowest BCUT2D eigenvalue weighted by molar-refractivity contribution is -0.130. The number of rotatable bonds is 6. The minimum atomic E-state index is -0.833. The number of aromatic nitrogens is 1. The van der Waals surface area contributed by atoms with Gasteiger partial charge in [0.15, 0.2) is 6.10 Å². The Hall–Kier alpha value is -2.41. The number of thiazole rings is 1. The van der Waals surface area contributed by atoms with E-state index in [0.717, 1.165) is 42.0 Å². The maximum absolute atomic E-state index is 12.6. The highest BCUT2D eigenvalue weighted by atomic mass is 32.1. The van der Waals surface area contributed by atoms with Crippen molar-refractivity contribution in [2.24, 2.45) is 0 Å². The average molecular weight is 403 g/mol. The number of ether oxygens (including phenoxy) is 2. The smallest absolute Gasteiger partial charge is 0.351 e. The molecule has 1 aromatic heterocycles. The van der Waals surface area contributed by atoms with Crippen LogP contribution in [0.2, 0.25) is 0 Å². The molecule has 0 unspecified atom stereocenters. The lowest BCUT2D eigenvalue weighted by atomic mass is 9.95. The highest BCUT2D eigenvalue weighted by molar-refractivity contribution is 7.17. The van der Waals surface area contributed by atoms with E-state index in [1.165, 1.54) is 17.8 Å². The van der Waals surface area contributed by atoms with E-state index in [0.29, 0.717) is 10.6 Å². The quantitative estimate of drug-likeness (QED) is 0.736. The van der Waals surface area contributed by atoms with Gasteiger partial charge in [-0.2, -0.15) is 0 Å². The molecule has 1 atom stereocenters. The number of carbonyl (C=O) groups is 2. The lowest BCUT2D eigenvalue weighted by Crippen LogP contribution is -2.42. The van der Waals surface area contributed by atoms with Crippen molar-refractivity contribution in [1.29, 1.82) is 0 Å². The van der Waals surface area contributed by atoms with E-state index >= 15 is 0 Å². The Labute approximate surface area is 169 Å². The fourth-order valence-electron chi connectivity index (χ4n) is 3.28. The van der Waals surface area contributed by atoms with Crippen LogP contribution in [0.15, 0.2) is 24.3 Å². The zero-order valence-corrected chi connectivity index (χ0v) is 17.3. The molecule has 28 heavy (non-hydrogen) atoms. The summed E-state index contributed by atoms with van der Waals surface area (Å²) in [5.41, 5.74) is 1.50. The molecule has 2 aromatic rings. The highest BCUT2D eigenvalue weighted by Gasteiger charge is 2.25. The number of amides is 1. The largest absolute Gasteiger partial charge is 0.497 e. The molecule has 1 heterocycles. The number of nitrogens with zero attached hydrogens (tertiary/aromatic N) is 1. The third kappa shape index (κ3) is 4.90. The molecular weight excluding hydrogens is 376 g/mol. The van der Waals surface area contributed by atoms with Crippen molar-refractivity contribution in [3.05, 3.63) is 34.8 Å². The predicted molar refractivity (Wildman–Crippen MR) is 109 cm³/mol. The molecule has 1 aromatic carbocycles. The molecule has 3 rings (SSSR count). The van der Waals surface area contributed by atoms with Gasteiger partial charge in [-0.15, -0.1) is 11.3 Å². The number of carbonyl (C=O) groups excluding carboxylic acids is 2. The SMILES string of the molecule is COc1ccc(-c2nc(C)c(C(=O)O[C@H](C)C(=O)NC3CCCCC3)s2)cc1. The molecule has 0 aliphatic heterocycles. The Morgan fingerprint density at radius 1 is 1.18 bits per heavy atom. The van der Waals surface area contributed by atoms with Crippen LogP contribution in [-0.2, 0) is 9.53 Å². The van der Waals surface area contributed by atoms with Gasteiger partial charge in [0.2, 0.25) is 0 Å². The fraction of sp³-hybridized carbons (Fsp3) is 0.476. The summed E-state index contributed by atoms with van der Waals surface area (Å²) >= 11 is 1.27. The number of methoxy groups -OCH3 is 1. The molecule has 6 nitrogen and oxygen atoms in total. The molecule has 0 saturated heterocycles. The first kappa shape index (κ1) is 20.3. The van der Waals surface area contributed by atoms with Crippen LogP contribution in [0.1, 0.15) is 54.4 Å². The molecule has 1 aliphatic carbocycles. The van der Waals surface area contributed by atoms with Gasteiger partial charge in [-0.05, 0) is 51.0 Å². The van der Waals surface area contributed by atoms with Crippen molar-refractivity contribution < 1.29 is 19.1 Å². The maximum atomic E-state index is 12.6. The summed E-state index contributed by atoms with van der Waals surface area (Å²) in [6.45, 7) is 3.38. The molecule has 1 saturated carbocycles. The van der Waals surface area contributed by atoms with Crippen LogP contribution in [0.3, 0.4) is 0 Å². The Bertz CT molecular complexity index is 825. The van der Waals surface area contributed by atoms with Crippen LogP contribution < -0.4 is 10.1 Å². The number of nitrogens with one attached hydrogen (secondary N) is 1. The number of hydrogen-bond donors (Lipinski definition) is 1. The van der Waals surface area contributed by atoms with E-state index in [9.17, 15) is 9.59 Å². The minimum absolute atomic E-state index is 0.189. The highest BCUT2D eigenvalue weighted by Crippen LogP contribution is 2.30. The third-order valence-electron chi connectivity index (χ3n) is 4.92. The van der Waals surface area contributed by atoms with E-state index in [4.69, 9.17) is 9.47 Å². The third-order valence-corrected chi connectivity index (χ3v) is 6.11. The normalized spacial score (nSPS) is 15.7. The lowest BCUT2D eigenvalue weighted by Gasteiger charge is -2.24. The monoisotopic (exact) mass is 402 g/mol. The van der Waals surface area contributed by atoms with Gasteiger partial charge in [-0.25, -0.2) is 9.78 Å². The van der Waals surface area contributed by atoms with E-state index in [1.807, 2.05) is 24.3 Å². The molecular formula is C21H26N2O4S. The molecule has 1 N–H and O–H groups in total. The van der Waals surface area contributed by atoms with Gasteiger partial charge in [0.25, 0.3) is 5.91 Å². The number of hydrogen-bond acceptors (Lipinski definition) is 6. The van der Waals surface area contributed by atoms with Gasteiger partial charge in [0.1, 0.15) is 15.6 Å². The van der Waals surface area contributed by atoms with Crippen LogP contribution in [-0.4, -0.2) is 36.1 Å². The fourth-order valence-corrected chi connectivity index (χ4v) is 4.23. The Morgan fingerprint density at radius 3 is 2.50 bits per heavy atom. The molecule has 0 bridgehead atoms.